The van der Waals surface area contributed by atoms with E-state index in [-0.39, 0.29) is 0 Å². The maximum Gasteiger partial charge on any atom is -0.00987 e. The molecule has 0 heteroatoms. The lowest BCUT2D eigenvalue weighted by atomic mass is 9.83. The van der Waals surface area contributed by atoms with Gasteiger partial charge in [0.05, 0.1) is 0 Å². The Labute approximate surface area is 585 Å². The molecular formula is C100H74. The minimum Gasteiger partial charge on any atom is -0.0616 e. The second kappa shape index (κ2) is 23.9. The van der Waals surface area contributed by atoms with Gasteiger partial charge in [-0.3, -0.25) is 0 Å². The molecule has 474 valence electrons. The molecule has 18 aromatic rings. The van der Waals surface area contributed by atoms with E-state index in [1.165, 1.54) is 231 Å². The minimum absolute atomic E-state index is 1.22. The highest BCUT2D eigenvalue weighted by Gasteiger charge is 2.24. The van der Waals surface area contributed by atoms with Crippen molar-refractivity contribution < 1.29 is 0 Å². The van der Waals surface area contributed by atoms with Crippen molar-refractivity contribution in [1.29, 1.82) is 0 Å². The topological polar surface area (TPSA) is 0 Å². The Hall–Kier alpha value is -12.0. The van der Waals surface area contributed by atoms with E-state index in [0.717, 1.165) is 0 Å². The molecule has 0 aromatic heterocycles. The summed E-state index contributed by atoms with van der Waals surface area (Å²) in [6.07, 6.45) is 0. The van der Waals surface area contributed by atoms with Gasteiger partial charge in [-0.1, -0.05) is 303 Å². The normalized spacial score (nSPS) is 11.8. The monoisotopic (exact) mass is 1270 g/mol. The minimum atomic E-state index is 1.22. The second-order valence-corrected chi connectivity index (χ2v) is 27.9. The molecule has 0 radical (unpaired) electrons. The molecule has 100 heavy (non-hydrogen) atoms. The number of benzene rings is 18. The SMILES string of the molecule is Cc1cc(C)c(C)c(-c2ccc(-c3ccc(-c4ccc(-c5ccc(-c6ccc(-c7ccc(-c8ccc(-c9ccc(-c%10c(C)c(C)cc(C)c%10C)c%10ccccc9%10)c9ccccc89)c8ccccc78)c7ccccc67)c6ccccc56)c5ccccc45)c4ccccc34)c3ccccc23)c1C. The molecule has 0 bridgehead atoms. The van der Waals surface area contributed by atoms with Gasteiger partial charge in [0.15, 0.2) is 0 Å². The molecule has 0 saturated carbocycles. The quantitative estimate of drug-likeness (QED) is 0.135. The van der Waals surface area contributed by atoms with Gasteiger partial charge in [-0.2, -0.15) is 0 Å². The predicted molar refractivity (Wildman–Crippen MR) is 433 cm³/mol. The van der Waals surface area contributed by atoms with Gasteiger partial charge < -0.3 is 0 Å². The summed E-state index contributed by atoms with van der Waals surface area (Å²) < 4.78 is 0. The van der Waals surface area contributed by atoms with Crippen LogP contribution >= 0.6 is 0 Å². The zero-order valence-corrected chi connectivity index (χ0v) is 57.9. The molecule has 0 nitrogen and oxygen atoms in total. The third kappa shape index (κ3) is 9.49. The van der Waals surface area contributed by atoms with Crippen LogP contribution in [0.2, 0.25) is 0 Å². The van der Waals surface area contributed by atoms with Crippen LogP contribution in [0.5, 0.6) is 0 Å². The van der Waals surface area contributed by atoms with Gasteiger partial charge in [0.2, 0.25) is 0 Å². The summed E-state index contributed by atoms with van der Waals surface area (Å²) in [5, 5.41) is 19.9. The highest BCUT2D eigenvalue weighted by atomic mass is 14.3. The fourth-order valence-electron chi connectivity index (χ4n) is 17.4. The maximum absolute atomic E-state index is 2.37. The molecule has 0 atom stereocenters. The lowest BCUT2D eigenvalue weighted by Crippen LogP contribution is -1.96. The molecule has 0 N–H and O–H groups in total. The lowest BCUT2D eigenvalue weighted by Gasteiger charge is -2.20. The Bertz CT molecular complexity index is 6040. The zero-order valence-electron chi connectivity index (χ0n) is 57.9. The lowest BCUT2D eigenvalue weighted by molar-refractivity contribution is 1.25. The number of fused-ring (bicyclic) bond motifs is 8. The van der Waals surface area contributed by atoms with Crippen LogP contribution in [0.3, 0.4) is 0 Å². The Balaban J connectivity index is 0.708. The summed E-state index contributed by atoms with van der Waals surface area (Å²) in [7, 11) is 0. The first kappa shape index (κ1) is 60.5. The number of aryl methyl sites for hydroxylation is 4. The fourth-order valence-corrected chi connectivity index (χ4v) is 17.4. The smallest absolute Gasteiger partial charge is 0.00987 e. The third-order valence-corrected chi connectivity index (χ3v) is 22.7. The van der Waals surface area contributed by atoms with Crippen LogP contribution in [0.15, 0.2) is 303 Å². The van der Waals surface area contributed by atoms with Gasteiger partial charge in [-0.05, 0) is 286 Å². The Morgan fingerprint density at radius 3 is 0.340 bits per heavy atom. The van der Waals surface area contributed by atoms with Crippen LogP contribution in [0.4, 0.5) is 0 Å². The highest BCUT2D eigenvalue weighted by Crippen LogP contribution is 2.50. The summed E-state index contributed by atoms with van der Waals surface area (Å²) in [6.45, 7) is 18.1. The average Bonchev–Trinajstić information content (AvgIpc) is 0.712. The van der Waals surface area contributed by atoms with Crippen molar-refractivity contribution in [1.82, 2.24) is 0 Å². The molecule has 0 aliphatic rings. The second-order valence-electron chi connectivity index (χ2n) is 27.9. The molecular weight excluding hydrogens is 1200 g/mol. The van der Waals surface area contributed by atoms with Gasteiger partial charge >= 0.3 is 0 Å². The molecule has 0 fully saturated rings. The van der Waals surface area contributed by atoms with E-state index in [9.17, 15) is 0 Å². The highest BCUT2D eigenvalue weighted by molar-refractivity contribution is 6.21. The first-order valence-electron chi connectivity index (χ1n) is 35.3. The van der Waals surface area contributed by atoms with E-state index in [4.69, 9.17) is 0 Å². The van der Waals surface area contributed by atoms with Crippen molar-refractivity contribution in [3.63, 3.8) is 0 Å². The van der Waals surface area contributed by atoms with Gasteiger partial charge in [0.25, 0.3) is 0 Å². The summed E-state index contributed by atoms with van der Waals surface area (Å²) in [5.74, 6) is 0. The summed E-state index contributed by atoms with van der Waals surface area (Å²) >= 11 is 0. The van der Waals surface area contributed by atoms with E-state index in [1.54, 1.807) is 0 Å². The molecule has 0 amide bonds. The van der Waals surface area contributed by atoms with Crippen molar-refractivity contribution in [3.8, 4) is 100 Å². The zero-order chi connectivity index (χ0) is 67.6. The average molecular weight is 1280 g/mol. The summed E-state index contributed by atoms with van der Waals surface area (Å²) in [6, 6.07) is 115. The Kier molecular flexibility index (Phi) is 14.5. The maximum atomic E-state index is 2.37. The molecule has 0 aliphatic carbocycles. The van der Waals surface area contributed by atoms with Gasteiger partial charge in [-0.15, -0.1) is 0 Å². The molecule has 0 spiro atoms. The van der Waals surface area contributed by atoms with Crippen LogP contribution in [0, 0.1) is 55.4 Å². The summed E-state index contributed by atoms with van der Waals surface area (Å²) in [4.78, 5) is 0. The van der Waals surface area contributed by atoms with E-state index in [2.05, 4.69) is 359 Å². The molecule has 0 saturated heterocycles. The van der Waals surface area contributed by atoms with Gasteiger partial charge in [-0.25, -0.2) is 0 Å². The number of hydrogen-bond acceptors (Lipinski definition) is 0. The van der Waals surface area contributed by atoms with Crippen LogP contribution in [0.1, 0.15) is 44.5 Å². The fraction of sp³-hybridized carbons (Fsp3) is 0.0800. The van der Waals surface area contributed by atoms with E-state index in [0.29, 0.717) is 0 Å². The standard InChI is InChI=1S/C100H74/c1-59-57-60(2)64(6)99(63(59)5)97-55-53-95(79-37-21-23-39-81(79)97)93-51-49-91(75-33-17-19-35-77(75)93)89-47-45-87(71-29-13-15-31-73(71)89)85-43-41-83(67-25-9-11-27-69(67)85)84-42-44-86(70-28-12-10-26-68(70)84)88-46-48-90(74-32-16-14-30-72(74)88)92-50-52-94(78-36-20-18-34-76(78)92)96-54-56-98(82-40-24-22-38-80(82)96)100-65(7)61(3)58-62(4)66(100)8/h9-58H,1-8H3. The molecule has 18 rings (SSSR count). The van der Waals surface area contributed by atoms with Gasteiger partial charge in [0.1, 0.15) is 0 Å². The largest absolute Gasteiger partial charge is 0.0616 e. The van der Waals surface area contributed by atoms with E-state index < -0.39 is 0 Å². The van der Waals surface area contributed by atoms with Crippen molar-refractivity contribution in [2.45, 2.75) is 55.4 Å². The Morgan fingerprint density at radius 1 is 0.120 bits per heavy atom. The van der Waals surface area contributed by atoms with E-state index >= 15 is 0 Å². The first-order valence-corrected chi connectivity index (χ1v) is 35.3. The Morgan fingerprint density at radius 2 is 0.220 bits per heavy atom. The molecule has 0 heterocycles. The van der Waals surface area contributed by atoms with Crippen molar-refractivity contribution >= 4 is 86.2 Å². The van der Waals surface area contributed by atoms with Crippen LogP contribution in [0.25, 0.3) is 186 Å². The van der Waals surface area contributed by atoms with E-state index in [1.807, 2.05) is 0 Å². The van der Waals surface area contributed by atoms with Crippen molar-refractivity contribution in [3.05, 3.63) is 348 Å². The van der Waals surface area contributed by atoms with Crippen LogP contribution in [-0.4, -0.2) is 0 Å². The number of rotatable bonds is 9. The van der Waals surface area contributed by atoms with Crippen molar-refractivity contribution in [2.75, 3.05) is 0 Å². The first-order chi connectivity index (χ1) is 49.0. The third-order valence-electron chi connectivity index (χ3n) is 22.7. The predicted octanol–water partition coefficient (Wildman–Crippen LogP) is 28.4. The van der Waals surface area contributed by atoms with Crippen molar-refractivity contribution in [2.24, 2.45) is 0 Å². The molecule has 0 aliphatic heterocycles. The number of hydrogen-bond donors (Lipinski definition) is 0. The molecule has 18 aromatic carbocycles. The van der Waals surface area contributed by atoms with Gasteiger partial charge in [0, 0.05) is 0 Å². The molecule has 0 unspecified atom stereocenters. The van der Waals surface area contributed by atoms with Crippen LogP contribution < -0.4 is 0 Å². The van der Waals surface area contributed by atoms with Crippen LogP contribution in [-0.2, 0) is 0 Å². The summed E-state index contributed by atoms with van der Waals surface area (Å²) in [5.41, 5.74) is 33.3.